The smallest absolute Gasteiger partial charge is 0.387 e. The van der Waals surface area contributed by atoms with Gasteiger partial charge in [0, 0.05) is 23.7 Å². The number of alkyl halides is 4. The molecule has 0 fully saturated rings. The van der Waals surface area contributed by atoms with E-state index >= 15 is 0 Å². The topological polar surface area (TPSA) is 71.0 Å². The molecule has 38 heavy (non-hydrogen) atoms. The minimum Gasteiger partial charge on any atom is -0.434 e. The van der Waals surface area contributed by atoms with Gasteiger partial charge >= 0.3 is 6.61 Å². The van der Waals surface area contributed by atoms with Crippen LogP contribution in [0.1, 0.15) is 32.8 Å². The maximum absolute atomic E-state index is 13.8. The first-order valence-electron chi connectivity index (χ1n) is 11.8. The van der Waals surface area contributed by atoms with Gasteiger partial charge in [0.2, 0.25) is 5.91 Å². The SMILES string of the molecule is CCC1(C(=O)Nc2cccc(C(C)(F)F)c2)C(=O)N(c2ccc(OC(F)F)c(-c3ccccc3)c2)N=C1C. The van der Waals surface area contributed by atoms with Gasteiger partial charge in [0.1, 0.15) is 5.75 Å². The van der Waals surface area contributed by atoms with E-state index in [9.17, 15) is 27.2 Å². The first-order valence-corrected chi connectivity index (χ1v) is 11.8. The third-order valence-electron chi connectivity index (χ3n) is 6.48. The zero-order chi connectivity index (χ0) is 27.7. The molecule has 2 amide bonds. The average molecular weight is 528 g/mol. The van der Waals surface area contributed by atoms with E-state index < -0.39 is 29.8 Å². The Morgan fingerprint density at radius 2 is 1.79 bits per heavy atom. The number of rotatable bonds is 8. The number of nitrogens with zero attached hydrogens (tertiary/aromatic N) is 2. The monoisotopic (exact) mass is 527 g/mol. The molecule has 1 aliphatic heterocycles. The van der Waals surface area contributed by atoms with Gasteiger partial charge in [-0.3, -0.25) is 9.59 Å². The maximum Gasteiger partial charge on any atom is 0.387 e. The molecule has 3 aromatic rings. The van der Waals surface area contributed by atoms with Crippen molar-refractivity contribution in [1.82, 2.24) is 0 Å². The van der Waals surface area contributed by atoms with Gasteiger partial charge in [0.15, 0.2) is 5.41 Å². The number of ether oxygens (including phenoxy) is 1. The van der Waals surface area contributed by atoms with E-state index in [1.54, 1.807) is 37.3 Å². The molecular weight excluding hydrogens is 502 g/mol. The predicted octanol–water partition coefficient (Wildman–Crippen LogP) is 6.82. The van der Waals surface area contributed by atoms with Crippen molar-refractivity contribution in [2.75, 3.05) is 10.3 Å². The van der Waals surface area contributed by atoms with Crippen LogP contribution in [0, 0.1) is 5.41 Å². The fourth-order valence-electron chi connectivity index (χ4n) is 4.42. The van der Waals surface area contributed by atoms with E-state index in [2.05, 4.69) is 15.2 Å². The van der Waals surface area contributed by atoms with Gasteiger partial charge in [-0.2, -0.15) is 18.9 Å². The second-order valence-electron chi connectivity index (χ2n) is 8.91. The third kappa shape index (κ3) is 4.98. The lowest BCUT2D eigenvalue weighted by Crippen LogP contribution is -2.48. The quantitative estimate of drug-likeness (QED) is 0.258. The molecule has 10 heteroatoms. The summed E-state index contributed by atoms with van der Waals surface area (Å²) < 4.78 is 58.3. The fraction of sp³-hybridized carbons (Fsp3) is 0.250. The van der Waals surface area contributed by atoms with Gasteiger partial charge in [-0.05, 0) is 49.2 Å². The number of hydrogen-bond donors (Lipinski definition) is 1. The number of nitrogens with one attached hydrogen (secondary N) is 1. The summed E-state index contributed by atoms with van der Waals surface area (Å²) in [6.07, 6.45) is 0.0469. The minimum atomic E-state index is -3.11. The number of carbonyl (C=O) groups excluding carboxylic acids is 2. The Kier molecular flexibility index (Phi) is 7.26. The highest BCUT2D eigenvalue weighted by atomic mass is 19.3. The summed E-state index contributed by atoms with van der Waals surface area (Å²) in [4.78, 5) is 27.2. The van der Waals surface area contributed by atoms with E-state index in [0.29, 0.717) is 11.1 Å². The van der Waals surface area contributed by atoms with Gasteiger partial charge < -0.3 is 10.1 Å². The van der Waals surface area contributed by atoms with Gasteiger partial charge in [0.05, 0.1) is 11.4 Å². The van der Waals surface area contributed by atoms with Gasteiger partial charge in [-0.1, -0.05) is 49.4 Å². The molecule has 0 spiro atoms. The van der Waals surface area contributed by atoms with Crippen molar-refractivity contribution in [3.05, 3.63) is 78.4 Å². The number of amides is 2. The van der Waals surface area contributed by atoms with E-state index in [-0.39, 0.29) is 34.8 Å². The minimum absolute atomic E-state index is 0.0469. The van der Waals surface area contributed by atoms with Crippen LogP contribution in [0.3, 0.4) is 0 Å². The molecule has 1 atom stereocenters. The second kappa shape index (κ2) is 10.3. The maximum atomic E-state index is 13.8. The lowest BCUT2D eigenvalue weighted by atomic mass is 9.79. The Morgan fingerprint density at radius 3 is 2.42 bits per heavy atom. The Labute approximate surface area is 216 Å². The number of anilines is 2. The average Bonchev–Trinajstić information content (AvgIpc) is 3.14. The number of hydrogen-bond acceptors (Lipinski definition) is 4. The third-order valence-corrected chi connectivity index (χ3v) is 6.48. The summed E-state index contributed by atoms with van der Waals surface area (Å²) in [6, 6.07) is 18.1. The molecule has 1 heterocycles. The van der Waals surface area contributed by atoms with Crippen molar-refractivity contribution in [3.63, 3.8) is 0 Å². The van der Waals surface area contributed by atoms with E-state index in [0.717, 1.165) is 18.0 Å². The van der Waals surface area contributed by atoms with Crippen molar-refractivity contribution in [1.29, 1.82) is 0 Å². The van der Waals surface area contributed by atoms with Crippen LogP contribution >= 0.6 is 0 Å². The summed E-state index contributed by atoms with van der Waals surface area (Å²) in [7, 11) is 0. The van der Waals surface area contributed by atoms with Crippen LogP contribution in [-0.2, 0) is 15.5 Å². The van der Waals surface area contributed by atoms with Gasteiger partial charge in [-0.25, -0.2) is 8.78 Å². The molecule has 0 radical (unpaired) electrons. The zero-order valence-corrected chi connectivity index (χ0v) is 20.8. The standard InChI is InChI=1S/C28H25F4N3O3/c1-4-28(24(36)33-20-12-8-11-19(15-20)27(3,31)32)17(2)34-35(25(28)37)21-13-14-23(38-26(29)30)22(16-21)18-9-6-5-7-10-18/h5-16,26H,4H2,1-3H3,(H,33,36). The molecular formula is C28H25F4N3O3. The van der Waals surface area contributed by atoms with Gasteiger partial charge in [-0.15, -0.1) is 0 Å². The van der Waals surface area contributed by atoms with Crippen LogP contribution < -0.4 is 15.1 Å². The normalized spacial score (nSPS) is 17.5. The summed E-state index contributed by atoms with van der Waals surface area (Å²) in [6.45, 7) is 0.868. The Balaban J connectivity index is 1.69. The lowest BCUT2D eigenvalue weighted by molar-refractivity contribution is -0.133. The number of carbonyl (C=O) groups is 2. The number of halogens is 4. The summed E-state index contributed by atoms with van der Waals surface area (Å²) in [5.41, 5.74) is -0.551. The summed E-state index contributed by atoms with van der Waals surface area (Å²) in [5, 5.41) is 7.97. The Morgan fingerprint density at radius 1 is 1.08 bits per heavy atom. The van der Waals surface area contributed by atoms with Crippen molar-refractivity contribution >= 4 is 28.9 Å². The molecule has 198 valence electrons. The number of hydrazone groups is 1. The van der Waals surface area contributed by atoms with Crippen molar-refractivity contribution < 1.29 is 31.9 Å². The molecule has 0 saturated carbocycles. The van der Waals surface area contributed by atoms with Crippen LogP contribution in [0.2, 0.25) is 0 Å². The van der Waals surface area contributed by atoms with Crippen LogP contribution in [0.5, 0.6) is 5.75 Å². The Bertz CT molecular complexity index is 1390. The molecule has 0 bridgehead atoms. The molecule has 1 N–H and O–H groups in total. The largest absolute Gasteiger partial charge is 0.434 e. The zero-order valence-electron chi connectivity index (χ0n) is 20.8. The summed E-state index contributed by atoms with van der Waals surface area (Å²) in [5.74, 6) is -4.58. The molecule has 4 rings (SSSR count). The Hall–Kier alpha value is -4.21. The first kappa shape index (κ1) is 26.8. The van der Waals surface area contributed by atoms with Crippen LogP contribution in [0.4, 0.5) is 28.9 Å². The molecule has 6 nitrogen and oxygen atoms in total. The van der Waals surface area contributed by atoms with Gasteiger partial charge in [0.25, 0.3) is 11.8 Å². The summed E-state index contributed by atoms with van der Waals surface area (Å²) >= 11 is 0. The molecule has 1 aliphatic rings. The molecule has 3 aromatic carbocycles. The van der Waals surface area contributed by atoms with E-state index in [4.69, 9.17) is 0 Å². The lowest BCUT2D eigenvalue weighted by Gasteiger charge is -2.26. The number of benzene rings is 3. The van der Waals surface area contributed by atoms with Crippen LogP contribution in [0.25, 0.3) is 11.1 Å². The molecule has 0 saturated heterocycles. The van der Waals surface area contributed by atoms with Crippen molar-refractivity contribution in [2.24, 2.45) is 10.5 Å². The fourth-order valence-corrected chi connectivity index (χ4v) is 4.42. The molecule has 0 aliphatic carbocycles. The first-order chi connectivity index (χ1) is 18.0. The highest BCUT2D eigenvalue weighted by Gasteiger charge is 2.54. The molecule has 0 aromatic heterocycles. The highest BCUT2D eigenvalue weighted by molar-refractivity contribution is 6.33. The highest BCUT2D eigenvalue weighted by Crippen LogP contribution is 2.40. The van der Waals surface area contributed by atoms with Crippen molar-refractivity contribution in [3.8, 4) is 16.9 Å². The predicted molar refractivity (Wildman–Crippen MR) is 136 cm³/mol. The van der Waals surface area contributed by atoms with Crippen molar-refractivity contribution in [2.45, 2.75) is 39.7 Å². The molecule has 1 unspecified atom stereocenters. The van der Waals surface area contributed by atoms with E-state index in [1.807, 2.05) is 0 Å². The van der Waals surface area contributed by atoms with E-state index in [1.165, 1.54) is 43.3 Å². The second-order valence-corrected chi connectivity index (χ2v) is 8.91. The van der Waals surface area contributed by atoms with Crippen LogP contribution in [0.15, 0.2) is 77.9 Å². The van der Waals surface area contributed by atoms with Crippen LogP contribution in [-0.4, -0.2) is 24.1 Å².